The Morgan fingerprint density at radius 3 is 2.39 bits per heavy atom. The molecule has 0 atom stereocenters. The Labute approximate surface area is 173 Å². The molecule has 0 amide bonds. The molecule has 1 aromatic heterocycles. The van der Waals surface area contributed by atoms with Crippen LogP contribution in [0.25, 0.3) is 11.0 Å². The van der Waals surface area contributed by atoms with E-state index in [1.54, 1.807) is 7.11 Å². The summed E-state index contributed by atoms with van der Waals surface area (Å²) in [5.74, 6) is 2.25. The van der Waals surface area contributed by atoms with Gasteiger partial charge in [-0.05, 0) is 36.4 Å². The maximum atomic E-state index is 6.39. The molecule has 0 radical (unpaired) electrons. The summed E-state index contributed by atoms with van der Waals surface area (Å²) in [7, 11) is 1.63. The number of fused-ring (bicyclic) bond motifs is 1. The van der Waals surface area contributed by atoms with E-state index in [0.717, 1.165) is 28.2 Å². The number of halogens is 2. The molecule has 28 heavy (non-hydrogen) atoms. The predicted molar refractivity (Wildman–Crippen MR) is 113 cm³/mol. The van der Waals surface area contributed by atoms with Gasteiger partial charge in [0.2, 0.25) is 0 Å². The summed E-state index contributed by atoms with van der Waals surface area (Å²) in [6.07, 6.45) is 0. The average molecular weight is 413 g/mol. The van der Waals surface area contributed by atoms with Crippen LogP contribution in [0, 0.1) is 0 Å². The standard InChI is InChI=1S/C22H18Cl2N2O2/c1-27-15-6-4-7-16(12-15)28-14-22-25-20-10-2-3-11-21(20)26(22)13-17-18(23)8-5-9-19(17)24/h2-12H,13-14H2,1H3. The number of para-hydroxylation sites is 2. The monoisotopic (exact) mass is 412 g/mol. The van der Waals surface area contributed by atoms with Crippen LogP contribution in [0.15, 0.2) is 66.7 Å². The lowest BCUT2D eigenvalue weighted by molar-refractivity contribution is 0.289. The lowest BCUT2D eigenvalue weighted by Gasteiger charge is -2.13. The molecule has 0 N–H and O–H groups in total. The molecular formula is C22H18Cl2N2O2. The van der Waals surface area contributed by atoms with Gasteiger partial charge in [0.15, 0.2) is 0 Å². The maximum absolute atomic E-state index is 6.39. The van der Waals surface area contributed by atoms with Gasteiger partial charge in [-0.25, -0.2) is 4.98 Å². The van der Waals surface area contributed by atoms with Gasteiger partial charge < -0.3 is 14.0 Å². The van der Waals surface area contributed by atoms with E-state index in [-0.39, 0.29) is 0 Å². The molecule has 3 aromatic carbocycles. The summed E-state index contributed by atoms with van der Waals surface area (Å²) < 4.78 is 13.3. The van der Waals surface area contributed by atoms with Crippen LogP contribution in [0.5, 0.6) is 11.5 Å². The summed E-state index contributed by atoms with van der Waals surface area (Å²) in [6, 6.07) is 21.0. The van der Waals surface area contributed by atoms with Gasteiger partial charge in [0.1, 0.15) is 23.9 Å². The number of ether oxygens (including phenoxy) is 2. The normalized spacial score (nSPS) is 11.0. The highest BCUT2D eigenvalue weighted by molar-refractivity contribution is 6.36. The predicted octanol–water partition coefficient (Wildman–Crippen LogP) is 5.98. The molecule has 0 fully saturated rings. The van der Waals surface area contributed by atoms with Crippen LogP contribution in [0.4, 0.5) is 0 Å². The third-order valence-corrected chi connectivity index (χ3v) is 5.23. The van der Waals surface area contributed by atoms with Gasteiger partial charge in [-0.3, -0.25) is 0 Å². The van der Waals surface area contributed by atoms with Crippen molar-refractivity contribution < 1.29 is 9.47 Å². The van der Waals surface area contributed by atoms with Crippen LogP contribution in [-0.2, 0) is 13.2 Å². The quantitative estimate of drug-likeness (QED) is 0.390. The van der Waals surface area contributed by atoms with Gasteiger partial charge in [-0.2, -0.15) is 0 Å². The van der Waals surface area contributed by atoms with Crippen molar-refractivity contribution in [3.8, 4) is 11.5 Å². The van der Waals surface area contributed by atoms with Crippen molar-refractivity contribution in [3.05, 3.63) is 88.2 Å². The Kier molecular flexibility index (Phi) is 5.42. The van der Waals surface area contributed by atoms with Crippen LogP contribution in [0.3, 0.4) is 0 Å². The molecular weight excluding hydrogens is 395 g/mol. The van der Waals surface area contributed by atoms with Crippen LogP contribution < -0.4 is 9.47 Å². The average Bonchev–Trinajstić information content (AvgIpc) is 3.07. The maximum Gasteiger partial charge on any atom is 0.148 e. The lowest BCUT2D eigenvalue weighted by Crippen LogP contribution is -2.09. The van der Waals surface area contributed by atoms with Crippen LogP contribution in [0.1, 0.15) is 11.4 Å². The fraction of sp³-hybridized carbons (Fsp3) is 0.136. The molecule has 4 nitrogen and oxygen atoms in total. The first kappa shape index (κ1) is 18.7. The largest absolute Gasteiger partial charge is 0.497 e. The van der Waals surface area contributed by atoms with E-state index in [2.05, 4.69) is 4.57 Å². The first-order valence-corrected chi connectivity index (χ1v) is 9.55. The van der Waals surface area contributed by atoms with Gasteiger partial charge in [-0.15, -0.1) is 0 Å². The number of nitrogens with zero attached hydrogens (tertiary/aromatic N) is 2. The topological polar surface area (TPSA) is 36.3 Å². The van der Waals surface area contributed by atoms with E-state index < -0.39 is 0 Å². The molecule has 0 aliphatic carbocycles. The minimum atomic E-state index is 0.309. The minimum Gasteiger partial charge on any atom is -0.497 e. The number of hydrogen-bond acceptors (Lipinski definition) is 3. The van der Waals surface area contributed by atoms with Crippen molar-refractivity contribution >= 4 is 34.2 Å². The second kappa shape index (κ2) is 8.13. The van der Waals surface area contributed by atoms with Crippen molar-refractivity contribution in [2.24, 2.45) is 0 Å². The highest BCUT2D eigenvalue weighted by Gasteiger charge is 2.15. The first-order chi connectivity index (χ1) is 13.7. The molecule has 142 valence electrons. The zero-order valence-corrected chi connectivity index (χ0v) is 16.7. The van der Waals surface area contributed by atoms with Crippen LogP contribution in [-0.4, -0.2) is 16.7 Å². The van der Waals surface area contributed by atoms with E-state index in [1.165, 1.54) is 0 Å². The van der Waals surface area contributed by atoms with Gasteiger partial charge in [0.25, 0.3) is 0 Å². The fourth-order valence-corrected chi connectivity index (χ4v) is 3.61. The summed E-state index contributed by atoms with van der Waals surface area (Å²) >= 11 is 12.8. The van der Waals surface area contributed by atoms with Crippen molar-refractivity contribution in [2.45, 2.75) is 13.2 Å². The summed E-state index contributed by atoms with van der Waals surface area (Å²) in [4.78, 5) is 4.75. The molecule has 0 aliphatic heterocycles. The first-order valence-electron chi connectivity index (χ1n) is 8.79. The molecule has 0 saturated carbocycles. The van der Waals surface area contributed by atoms with Crippen molar-refractivity contribution in [1.82, 2.24) is 9.55 Å². The van der Waals surface area contributed by atoms with Crippen LogP contribution in [0.2, 0.25) is 10.0 Å². The molecule has 0 bridgehead atoms. The van der Waals surface area contributed by atoms with E-state index in [1.807, 2.05) is 66.7 Å². The van der Waals surface area contributed by atoms with Crippen molar-refractivity contribution in [3.63, 3.8) is 0 Å². The van der Waals surface area contributed by atoms with E-state index in [4.69, 9.17) is 37.7 Å². The molecule has 0 unspecified atom stereocenters. The number of imidazole rings is 1. The molecule has 0 saturated heterocycles. The number of rotatable bonds is 6. The van der Waals surface area contributed by atoms with Gasteiger partial charge in [0, 0.05) is 21.7 Å². The third-order valence-electron chi connectivity index (χ3n) is 4.52. The molecule has 6 heteroatoms. The van der Waals surface area contributed by atoms with Crippen molar-refractivity contribution in [2.75, 3.05) is 7.11 Å². The summed E-state index contributed by atoms with van der Waals surface area (Å²) in [6.45, 7) is 0.819. The minimum absolute atomic E-state index is 0.309. The van der Waals surface area contributed by atoms with E-state index in [0.29, 0.717) is 28.9 Å². The molecule has 1 heterocycles. The third kappa shape index (κ3) is 3.79. The summed E-state index contributed by atoms with van der Waals surface area (Å²) in [5, 5.41) is 1.26. The second-order valence-corrected chi connectivity index (χ2v) is 7.09. The highest BCUT2D eigenvalue weighted by Crippen LogP contribution is 2.28. The second-order valence-electron chi connectivity index (χ2n) is 6.27. The zero-order chi connectivity index (χ0) is 19.5. The Bertz CT molecular complexity index is 1100. The number of aromatic nitrogens is 2. The summed E-state index contributed by atoms with van der Waals surface area (Å²) in [5.41, 5.74) is 2.76. The molecule has 0 aliphatic rings. The van der Waals surface area contributed by atoms with Gasteiger partial charge >= 0.3 is 0 Å². The Balaban J connectivity index is 1.69. The smallest absolute Gasteiger partial charge is 0.148 e. The van der Waals surface area contributed by atoms with Crippen molar-refractivity contribution in [1.29, 1.82) is 0 Å². The van der Waals surface area contributed by atoms with Gasteiger partial charge in [-0.1, -0.05) is 47.5 Å². The highest BCUT2D eigenvalue weighted by atomic mass is 35.5. The Morgan fingerprint density at radius 2 is 1.61 bits per heavy atom. The van der Waals surface area contributed by atoms with Crippen LogP contribution >= 0.6 is 23.2 Å². The lowest BCUT2D eigenvalue weighted by atomic mass is 10.2. The molecule has 0 spiro atoms. The molecule has 4 aromatic rings. The fourth-order valence-electron chi connectivity index (χ4n) is 3.09. The van der Waals surface area contributed by atoms with E-state index in [9.17, 15) is 0 Å². The Hall–Kier alpha value is -2.69. The van der Waals surface area contributed by atoms with E-state index >= 15 is 0 Å². The number of benzene rings is 3. The molecule has 4 rings (SSSR count). The Morgan fingerprint density at radius 1 is 0.893 bits per heavy atom. The number of hydrogen-bond donors (Lipinski definition) is 0. The number of methoxy groups -OCH3 is 1. The van der Waals surface area contributed by atoms with Gasteiger partial charge in [0.05, 0.1) is 24.7 Å². The zero-order valence-electron chi connectivity index (χ0n) is 15.2. The SMILES string of the molecule is COc1cccc(OCc2nc3ccccc3n2Cc2c(Cl)cccc2Cl)c1.